The van der Waals surface area contributed by atoms with E-state index in [1.165, 1.54) is 6.07 Å². The zero-order valence-electron chi connectivity index (χ0n) is 7.81. The Morgan fingerprint density at radius 2 is 2.19 bits per heavy atom. The minimum Gasteiger partial charge on any atom is -0.397 e. The van der Waals surface area contributed by atoms with Gasteiger partial charge < -0.3 is 11.1 Å². The average molecular weight is 253 g/mol. The van der Waals surface area contributed by atoms with Crippen LogP contribution < -0.4 is 11.1 Å². The summed E-state index contributed by atoms with van der Waals surface area (Å²) in [5.74, 6) is -4.11. The van der Waals surface area contributed by atoms with E-state index in [1.807, 2.05) is 0 Å². The highest BCUT2D eigenvalue weighted by molar-refractivity contribution is 7.17. The Bertz CT molecular complexity index is 410. The van der Waals surface area contributed by atoms with Gasteiger partial charge in [0.2, 0.25) is 0 Å². The molecule has 0 saturated heterocycles. The van der Waals surface area contributed by atoms with Crippen LogP contribution in [0.2, 0.25) is 0 Å². The molecule has 0 amide bonds. The van der Waals surface area contributed by atoms with Crippen LogP contribution in [0.4, 0.5) is 28.3 Å². The summed E-state index contributed by atoms with van der Waals surface area (Å²) in [5.41, 5.74) is 5.50. The zero-order valence-corrected chi connectivity index (χ0v) is 8.62. The van der Waals surface area contributed by atoms with E-state index in [-0.39, 0.29) is 15.6 Å². The van der Waals surface area contributed by atoms with Gasteiger partial charge in [-0.15, -0.1) is 11.3 Å². The van der Waals surface area contributed by atoms with Crippen molar-refractivity contribution in [2.75, 3.05) is 17.6 Å². The highest BCUT2D eigenvalue weighted by Gasteiger charge is 2.40. The molecule has 1 heterocycles. The predicted octanol–water partition coefficient (Wildman–Crippen LogP) is 2.51. The quantitative estimate of drug-likeness (QED) is 0.810. The van der Waals surface area contributed by atoms with Crippen molar-refractivity contribution in [3.63, 3.8) is 0 Å². The summed E-state index contributed by atoms with van der Waals surface area (Å²) in [4.78, 5) is 0.155. The average Bonchev–Trinajstić information content (AvgIpc) is 2.56. The minimum atomic E-state index is -4.11. The van der Waals surface area contributed by atoms with E-state index in [0.29, 0.717) is 0 Å². The van der Waals surface area contributed by atoms with Crippen LogP contribution >= 0.6 is 11.3 Å². The molecule has 0 radical (unpaired) electrons. The van der Waals surface area contributed by atoms with E-state index in [1.54, 1.807) is 6.07 Å². The summed E-state index contributed by atoms with van der Waals surface area (Å²) in [6.45, 7) is -1.20. The normalized spacial score (nSPS) is 11.5. The van der Waals surface area contributed by atoms with E-state index in [4.69, 9.17) is 11.0 Å². The number of hydrogen-bond donors (Lipinski definition) is 2. The van der Waals surface area contributed by atoms with Crippen molar-refractivity contribution < 1.29 is 17.6 Å². The Hall–Kier alpha value is -1.49. The van der Waals surface area contributed by atoms with E-state index in [2.05, 4.69) is 5.32 Å². The fourth-order valence-electron chi connectivity index (χ4n) is 0.862. The number of nitrogens with zero attached hydrogens (tertiary/aromatic N) is 1. The van der Waals surface area contributed by atoms with Crippen LogP contribution in [-0.2, 0) is 0 Å². The van der Waals surface area contributed by atoms with Crippen molar-refractivity contribution in [2.24, 2.45) is 0 Å². The molecule has 0 aliphatic rings. The zero-order chi connectivity index (χ0) is 12.3. The van der Waals surface area contributed by atoms with Gasteiger partial charge in [0.15, 0.2) is 0 Å². The van der Waals surface area contributed by atoms with Gasteiger partial charge in [-0.1, -0.05) is 0 Å². The van der Waals surface area contributed by atoms with Gasteiger partial charge in [-0.05, 0) is 6.07 Å². The number of anilines is 2. The second kappa shape index (κ2) is 4.57. The first-order chi connectivity index (χ1) is 7.36. The highest BCUT2D eigenvalue weighted by Crippen LogP contribution is 2.30. The summed E-state index contributed by atoms with van der Waals surface area (Å²) in [6, 6.07) is 3.01. The molecule has 1 aromatic heterocycles. The molecular formula is C8H7F4N3S. The third kappa shape index (κ3) is 2.76. The Morgan fingerprint density at radius 1 is 1.56 bits per heavy atom. The summed E-state index contributed by atoms with van der Waals surface area (Å²) in [7, 11) is 0. The highest BCUT2D eigenvalue weighted by atomic mass is 32.1. The SMILES string of the molecule is N#Cc1sc(NCC(F)(F)C(F)F)cc1N. The molecule has 0 atom stereocenters. The molecule has 0 saturated carbocycles. The first kappa shape index (κ1) is 12.6. The number of nitrogens with one attached hydrogen (secondary N) is 1. The predicted molar refractivity (Wildman–Crippen MR) is 52.9 cm³/mol. The van der Waals surface area contributed by atoms with Crippen LogP contribution in [0.5, 0.6) is 0 Å². The Balaban J connectivity index is 2.66. The summed E-state index contributed by atoms with van der Waals surface area (Å²) < 4.78 is 48.6. The Morgan fingerprint density at radius 3 is 2.62 bits per heavy atom. The summed E-state index contributed by atoms with van der Waals surface area (Å²) in [6.07, 6.45) is -3.73. The maximum Gasteiger partial charge on any atom is 0.324 e. The van der Waals surface area contributed by atoms with Crippen molar-refractivity contribution >= 4 is 22.0 Å². The van der Waals surface area contributed by atoms with Crippen LogP contribution in [0.25, 0.3) is 0 Å². The molecule has 0 unspecified atom stereocenters. The topological polar surface area (TPSA) is 61.8 Å². The summed E-state index contributed by atoms with van der Waals surface area (Å²) >= 11 is 0.836. The fraction of sp³-hybridized carbons (Fsp3) is 0.375. The second-order valence-corrected chi connectivity index (χ2v) is 3.97. The van der Waals surface area contributed by atoms with Crippen LogP contribution in [0.15, 0.2) is 6.07 Å². The van der Waals surface area contributed by atoms with Gasteiger partial charge in [-0.2, -0.15) is 14.0 Å². The van der Waals surface area contributed by atoms with Crippen molar-refractivity contribution in [3.8, 4) is 6.07 Å². The molecule has 0 aliphatic carbocycles. The van der Waals surface area contributed by atoms with Crippen LogP contribution in [-0.4, -0.2) is 18.9 Å². The lowest BCUT2D eigenvalue weighted by molar-refractivity contribution is -0.117. The molecule has 0 fully saturated rings. The third-order valence-corrected chi connectivity index (χ3v) is 2.69. The number of alkyl halides is 4. The van der Waals surface area contributed by atoms with Gasteiger partial charge >= 0.3 is 12.3 Å². The number of halogens is 4. The number of thiophene rings is 1. The molecular weight excluding hydrogens is 246 g/mol. The molecule has 88 valence electrons. The lowest BCUT2D eigenvalue weighted by atomic mass is 10.3. The van der Waals surface area contributed by atoms with Crippen molar-refractivity contribution in [1.82, 2.24) is 0 Å². The second-order valence-electron chi connectivity index (χ2n) is 2.92. The standard InChI is InChI=1S/C8H7F4N3S/c9-7(10)8(11,12)3-15-6-1-4(14)5(2-13)16-6/h1,7,15H,3,14H2. The minimum absolute atomic E-state index is 0.135. The van der Waals surface area contributed by atoms with E-state index in [0.717, 1.165) is 11.3 Å². The van der Waals surface area contributed by atoms with Gasteiger partial charge in [0, 0.05) is 0 Å². The van der Waals surface area contributed by atoms with Gasteiger partial charge in [0.1, 0.15) is 10.9 Å². The molecule has 16 heavy (non-hydrogen) atoms. The molecule has 8 heteroatoms. The molecule has 3 nitrogen and oxygen atoms in total. The first-order valence-corrected chi connectivity index (χ1v) is 4.87. The van der Waals surface area contributed by atoms with Crippen molar-refractivity contribution in [3.05, 3.63) is 10.9 Å². The van der Waals surface area contributed by atoms with E-state index >= 15 is 0 Å². The Kier molecular flexibility index (Phi) is 3.59. The van der Waals surface area contributed by atoms with E-state index in [9.17, 15) is 17.6 Å². The molecule has 0 aromatic carbocycles. The number of rotatable bonds is 4. The summed E-state index contributed by atoms with van der Waals surface area (Å²) in [5, 5.41) is 10.8. The van der Waals surface area contributed by atoms with Gasteiger partial charge in [0.05, 0.1) is 17.2 Å². The maximum atomic E-state index is 12.5. The molecule has 3 N–H and O–H groups in total. The number of hydrogen-bond acceptors (Lipinski definition) is 4. The van der Waals surface area contributed by atoms with E-state index < -0.39 is 18.9 Å². The lowest BCUT2D eigenvalue weighted by Gasteiger charge is -2.15. The first-order valence-electron chi connectivity index (χ1n) is 4.06. The fourth-order valence-corrected chi connectivity index (χ4v) is 1.63. The number of nitriles is 1. The van der Waals surface area contributed by atoms with Crippen molar-refractivity contribution in [2.45, 2.75) is 12.3 Å². The maximum absolute atomic E-state index is 12.5. The third-order valence-electron chi connectivity index (χ3n) is 1.68. The van der Waals surface area contributed by atoms with Gasteiger partial charge in [0.25, 0.3) is 0 Å². The number of nitrogens with two attached hydrogens (primary N) is 1. The molecule has 1 rings (SSSR count). The molecule has 0 bridgehead atoms. The lowest BCUT2D eigenvalue weighted by Crippen LogP contribution is -2.34. The smallest absolute Gasteiger partial charge is 0.324 e. The Labute approximate surface area is 92.5 Å². The molecule has 1 aromatic rings. The van der Waals surface area contributed by atoms with Gasteiger partial charge in [-0.3, -0.25) is 0 Å². The van der Waals surface area contributed by atoms with Crippen molar-refractivity contribution in [1.29, 1.82) is 5.26 Å². The van der Waals surface area contributed by atoms with Crippen LogP contribution in [0, 0.1) is 11.3 Å². The number of nitrogen functional groups attached to an aromatic ring is 1. The molecule has 0 spiro atoms. The van der Waals surface area contributed by atoms with Gasteiger partial charge in [-0.25, -0.2) is 8.78 Å². The largest absolute Gasteiger partial charge is 0.397 e. The van der Waals surface area contributed by atoms with Crippen LogP contribution in [0.3, 0.4) is 0 Å². The molecule has 0 aliphatic heterocycles. The monoisotopic (exact) mass is 253 g/mol. The van der Waals surface area contributed by atoms with Crippen LogP contribution in [0.1, 0.15) is 4.88 Å².